The first-order valence-electron chi connectivity index (χ1n) is 9.80. The van der Waals surface area contributed by atoms with Crippen LogP contribution in [0.5, 0.6) is 0 Å². The largest absolute Gasteiger partial charge is 0.468 e. The summed E-state index contributed by atoms with van der Waals surface area (Å²) in [6.45, 7) is 0.494. The van der Waals surface area contributed by atoms with Crippen LogP contribution in [0.2, 0.25) is 0 Å². The van der Waals surface area contributed by atoms with Crippen molar-refractivity contribution in [1.82, 2.24) is 14.6 Å². The molecule has 1 amide bonds. The minimum Gasteiger partial charge on any atom is -0.468 e. The summed E-state index contributed by atoms with van der Waals surface area (Å²) in [6, 6.07) is 17.6. The van der Waals surface area contributed by atoms with Crippen molar-refractivity contribution < 1.29 is 17.6 Å². The maximum Gasteiger partial charge on any atom is 0.246 e. The molecule has 0 aliphatic carbocycles. The van der Waals surface area contributed by atoms with Crippen molar-refractivity contribution in [3.05, 3.63) is 89.3 Å². The second-order valence-electron chi connectivity index (χ2n) is 7.08. The van der Waals surface area contributed by atoms with Gasteiger partial charge in [-0.1, -0.05) is 24.3 Å². The van der Waals surface area contributed by atoms with Crippen LogP contribution in [-0.2, 0) is 27.9 Å². The highest BCUT2D eigenvalue weighted by molar-refractivity contribution is 7.89. The van der Waals surface area contributed by atoms with Crippen molar-refractivity contribution in [3.8, 4) is 0 Å². The molecule has 1 N–H and O–H groups in total. The Kier molecular flexibility index (Phi) is 6.50. The van der Waals surface area contributed by atoms with Crippen LogP contribution < -0.4 is 4.72 Å². The molecule has 0 aliphatic heterocycles. The molecule has 4 aromatic rings. The lowest BCUT2D eigenvalue weighted by atomic mass is 10.2. The third-order valence-corrected chi connectivity index (χ3v) is 7.15. The molecule has 0 saturated heterocycles. The van der Waals surface area contributed by atoms with E-state index in [1.165, 1.54) is 24.5 Å². The highest BCUT2D eigenvalue weighted by atomic mass is 32.2. The molecule has 0 spiro atoms. The third kappa shape index (κ3) is 5.31. The van der Waals surface area contributed by atoms with E-state index in [1.54, 1.807) is 53.6 Å². The van der Waals surface area contributed by atoms with Crippen molar-refractivity contribution in [3.63, 3.8) is 0 Å². The van der Waals surface area contributed by atoms with Crippen LogP contribution in [0.3, 0.4) is 0 Å². The van der Waals surface area contributed by atoms with E-state index in [1.807, 2.05) is 24.3 Å². The molecule has 32 heavy (non-hydrogen) atoms. The van der Waals surface area contributed by atoms with Gasteiger partial charge in [0, 0.05) is 13.1 Å². The zero-order chi connectivity index (χ0) is 22.6. The number of amides is 1. The number of para-hydroxylation sites is 1. The van der Waals surface area contributed by atoms with Gasteiger partial charge >= 0.3 is 0 Å². The SMILES string of the molecule is CN(Cc1nc2ccccc2s1)C(=O)C=Cc1ccc(S(=O)(=O)NCc2ccco2)cc1. The topological polar surface area (TPSA) is 92.5 Å². The number of sulfonamides is 1. The maximum atomic E-state index is 12.5. The van der Waals surface area contributed by atoms with Gasteiger partial charge in [0.2, 0.25) is 15.9 Å². The molecule has 0 saturated carbocycles. The third-order valence-electron chi connectivity index (χ3n) is 4.71. The highest BCUT2D eigenvalue weighted by Crippen LogP contribution is 2.22. The molecule has 0 aliphatic rings. The van der Waals surface area contributed by atoms with E-state index < -0.39 is 10.0 Å². The number of fused-ring (bicyclic) bond motifs is 1. The fraction of sp³-hybridized carbons (Fsp3) is 0.130. The fourth-order valence-corrected chi connectivity index (χ4v) is 5.00. The summed E-state index contributed by atoms with van der Waals surface area (Å²) in [5.41, 5.74) is 1.65. The van der Waals surface area contributed by atoms with Gasteiger partial charge in [-0.05, 0) is 48.0 Å². The molecule has 0 unspecified atom stereocenters. The number of nitrogens with zero attached hydrogens (tertiary/aromatic N) is 2. The maximum absolute atomic E-state index is 12.5. The monoisotopic (exact) mass is 467 g/mol. The van der Waals surface area contributed by atoms with E-state index >= 15 is 0 Å². The molecule has 2 aromatic carbocycles. The van der Waals surface area contributed by atoms with Crippen LogP contribution in [0.1, 0.15) is 16.3 Å². The van der Waals surface area contributed by atoms with E-state index in [-0.39, 0.29) is 17.3 Å². The lowest BCUT2D eigenvalue weighted by Crippen LogP contribution is -2.24. The minimum atomic E-state index is -3.66. The van der Waals surface area contributed by atoms with Crippen LogP contribution in [0.4, 0.5) is 0 Å². The van der Waals surface area contributed by atoms with Gasteiger partial charge in [-0.2, -0.15) is 0 Å². The summed E-state index contributed by atoms with van der Waals surface area (Å²) in [5, 5.41) is 0.868. The number of rotatable bonds is 8. The molecular weight excluding hydrogens is 446 g/mol. The molecule has 0 bridgehead atoms. The molecule has 2 aromatic heterocycles. The first-order chi connectivity index (χ1) is 15.4. The van der Waals surface area contributed by atoms with Crippen molar-refractivity contribution in [2.45, 2.75) is 18.0 Å². The average Bonchev–Trinajstić information content (AvgIpc) is 3.45. The Labute approximate surface area is 190 Å². The number of nitrogens with one attached hydrogen (secondary N) is 1. The zero-order valence-corrected chi connectivity index (χ0v) is 18.9. The van der Waals surface area contributed by atoms with Gasteiger partial charge in [0.25, 0.3) is 0 Å². The summed E-state index contributed by atoms with van der Waals surface area (Å²) in [5.74, 6) is 0.364. The van der Waals surface area contributed by atoms with Gasteiger partial charge in [0.05, 0.1) is 34.5 Å². The number of thiazole rings is 1. The summed E-state index contributed by atoms with van der Waals surface area (Å²) < 4.78 is 33.5. The molecule has 7 nitrogen and oxygen atoms in total. The molecule has 164 valence electrons. The summed E-state index contributed by atoms with van der Waals surface area (Å²) in [4.78, 5) is 18.7. The zero-order valence-electron chi connectivity index (χ0n) is 17.3. The van der Waals surface area contributed by atoms with E-state index in [0.29, 0.717) is 12.3 Å². The van der Waals surface area contributed by atoms with Crippen molar-refractivity contribution in [2.75, 3.05) is 7.05 Å². The van der Waals surface area contributed by atoms with Gasteiger partial charge in [-0.25, -0.2) is 18.1 Å². The molecule has 4 rings (SSSR count). The molecule has 0 atom stereocenters. The first-order valence-corrected chi connectivity index (χ1v) is 12.1. The number of carbonyl (C=O) groups excluding carboxylic acids is 1. The Morgan fingerprint density at radius 1 is 1.12 bits per heavy atom. The van der Waals surface area contributed by atoms with E-state index in [0.717, 1.165) is 20.8 Å². The molecule has 9 heteroatoms. The smallest absolute Gasteiger partial charge is 0.246 e. The molecular formula is C23H21N3O4S2. The van der Waals surface area contributed by atoms with E-state index in [4.69, 9.17) is 4.42 Å². The summed E-state index contributed by atoms with van der Waals surface area (Å²) in [6.07, 6.45) is 4.61. The number of hydrogen-bond donors (Lipinski definition) is 1. The Balaban J connectivity index is 1.35. The number of carbonyl (C=O) groups is 1. The van der Waals surface area contributed by atoms with Gasteiger partial charge in [-0.15, -0.1) is 11.3 Å². The number of aromatic nitrogens is 1. The number of likely N-dealkylation sites (N-methyl/N-ethyl adjacent to an activating group) is 1. The van der Waals surface area contributed by atoms with Gasteiger partial charge in [0.15, 0.2) is 0 Å². The fourth-order valence-electron chi connectivity index (χ4n) is 2.98. The molecule has 2 heterocycles. The molecule has 0 radical (unpaired) electrons. The average molecular weight is 468 g/mol. The first kappa shape index (κ1) is 21.9. The number of benzene rings is 2. The number of hydrogen-bond acceptors (Lipinski definition) is 6. The lowest BCUT2D eigenvalue weighted by Gasteiger charge is -2.12. The standard InChI is InChI=1S/C23H21N3O4S2/c1-26(16-22-25-20-6-2-3-7-21(20)31-22)23(27)13-10-17-8-11-19(12-9-17)32(28,29)24-15-18-5-4-14-30-18/h2-14,24H,15-16H2,1H3. The van der Waals surface area contributed by atoms with Crippen LogP contribution >= 0.6 is 11.3 Å². The van der Waals surface area contributed by atoms with Crippen LogP contribution in [0, 0.1) is 0 Å². The Morgan fingerprint density at radius 2 is 1.91 bits per heavy atom. The quantitative estimate of drug-likeness (QED) is 0.395. The predicted molar refractivity (Wildman–Crippen MR) is 124 cm³/mol. The Morgan fingerprint density at radius 3 is 2.62 bits per heavy atom. The normalized spacial score (nSPS) is 11.9. The predicted octanol–water partition coefficient (Wildman–Crippen LogP) is 4.04. The lowest BCUT2D eigenvalue weighted by molar-refractivity contribution is -0.125. The summed E-state index contributed by atoms with van der Waals surface area (Å²) >= 11 is 1.57. The van der Waals surface area contributed by atoms with Gasteiger partial charge in [0.1, 0.15) is 10.8 Å². The van der Waals surface area contributed by atoms with E-state index in [9.17, 15) is 13.2 Å². The van der Waals surface area contributed by atoms with Gasteiger partial charge < -0.3 is 9.32 Å². The van der Waals surface area contributed by atoms with Crippen LogP contribution in [-0.4, -0.2) is 31.3 Å². The summed E-state index contributed by atoms with van der Waals surface area (Å²) in [7, 11) is -1.94. The highest BCUT2D eigenvalue weighted by Gasteiger charge is 2.14. The Bertz CT molecular complexity index is 1310. The van der Waals surface area contributed by atoms with Crippen LogP contribution in [0.15, 0.2) is 82.3 Å². The van der Waals surface area contributed by atoms with Crippen LogP contribution in [0.25, 0.3) is 16.3 Å². The number of furan rings is 1. The second-order valence-corrected chi connectivity index (χ2v) is 9.96. The van der Waals surface area contributed by atoms with Crippen molar-refractivity contribution in [2.24, 2.45) is 0 Å². The minimum absolute atomic E-state index is 0.0759. The van der Waals surface area contributed by atoms with Crippen molar-refractivity contribution >= 4 is 43.6 Å². The van der Waals surface area contributed by atoms with Gasteiger partial charge in [-0.3, -0.25) is 4.79 Å². The van der Waals surface area contributed by atoms with E-state index in [2.05, 4.69) is 9.71 Å². The second kappa shape index (κ2) is 9.47. The Hall–Kier alpha value is -3.27. The molecule has 0 fully saturated rings. The van der Waals surface area contributed by atoms with Crippen molar-refractivity contribution in [1.29, 1.82) is 0 Å².